The molecule has 0 amide bonds. The zero-order valence-corrected chi connectivity index (χ0v) is 16.9. The van der Waals surface area contributed by atoms with E-state index in [0.717, 1.165) is 0 Å². The summed E-state index contributed by atoms with van der Waals surface area (Å²) in [5.41, 5.74) is 2.96. The number of rotatable bonds is 5. The fourth-order valence-corrected chi connectivity index (χ4v) is 3.27. The summed E-state index contributed by atoms with van der Waals surface area (Å²) < 4.78 is 0. The van der Waals surface area contributed by atoms with Gasteiger partial charge in [0.25, 0.3) is 0 Å². The van der Waals surface area contributed by atoms with Gasteiger partial charge < -0.3 is 20.4 Å². The highest BCUT2D eigenvalue weighted by Gasteiger charge is 2.15. The summed E-state index contributed by atoms with van der Waals surface area (Å²) in [6, 6.07) is 27.0. The number of hydrogen-bond acceptors (Lipinski definition) is 6. The van der Waals surface area contributed by atoms with E-state index in [0.29, 0.717) is 33.7 Å². The molecule has 4 N–H and O–H groups in total. The molecule has 158 valence electrons. The predicted molar refractivity (Wildman–Crippen MR) is 124 cm³/mol. The van der Waals surface area contributed by atoms with E-state index in [4.69, 9.17) is 0 Å². The number of benzene rings is 4. The number of phenolic OH excluding ortho intramolecular Hbond substituents is 4. The van der Waals surface area contributed by atoms with Crippen LogP contribution in [0.3, 0.4) is 0 Å². The van der Waals surface area contributed by atoms with Crippen LogP contribution < -0.4 is 0 Å². The van der Waals surface area contributed by atoms with E-state index in [1.54, 1.807) is 12.1 Å². The minimum Gasteiger partial charge on any atom is -0.508 e. The van der Waals surface area contributed by atoms with Crippen molar-refractivity contribution in [2.24, 2.45) is 10.2 Å². The van der Waals surface area contributed by atoms with Gasteiger partial charge in [0.05, 0.1) is 0 Å². The lowest BCUT2D eigenvalue weighted by Gasteiger charge is -2.11. The van der Waals surface area contributed by atoms with Gasteiger partial charge in [-0.1, -0.05) is 60.7 Å². The summed E-state index contributed by atoms with van der Waals surface area (Å²) in [5, 5.41) is 49.2. The first kappa shape index (κ1) is 20.7. The standard InChI is InChI=1S/C26H20N2O4/c29-19-11-13-21(23(31)15-19)25(17-7-3-1-4-8-17)27-28-26(18-9-5-2-6-10-18)22-14-12-20(30)16-24(22)32/h1-16,29-32H/b27-25+,28-26+. The molecule has 0 atom stereocenters. The predicted octanol–water partition coefficient (Wildman–Crippen LogP) is 4.80. The number of nitrogens with zero attached hydrogens (tertiary/aromatic N) is 2. The normalized spacial score (nSPS) is 12.0. The summed E-state index contributed by atoms with van der Waals surface area (Å²) in [7, 11) is 0. The molecule has 0 aliphatic heterocycles. The second-order valence-electron chi connectivity index (χ2n) is 7.03. The van der Waals surface area contributed by atoms with Crippen molar-refractivity contribution in [3.63, 3.8) is 0 Å². The molecule has 0 aliphatic carbocycles. The van der Waals surface area contributed by atoms with Crippen molar-refractivity contribution in [3.05, 3.63) is 119 Å². The zero-order chi connectivity index (χ0) is 22.5. The molecule has 4 rings (SSSR count). The van der Waals surface area contributed by atoms with Gasteiger partial charge in [0, 0.05) is 34.4 Å². The van der Waals surface area contributed by atoms with Crippen LogP contribution >= 0.6 is 0 Å². The van der Waals surface area contributed by atoms with Crippen LogP contribution in [0.25, 0.3) is 0 Å². The van der Waals surface area contributed by atoms with E-state index in [-0.39, 0.29) is 23.0 Å². The first-order valence-corrected chi connectivity index (χ1v) is 9.84. The van der Waals surface area contributed by atoms with Crippen LogP contribution in [-0.4, -0.2) is 31.8 Å². The molecule has 0 fully saturated rings. The Morgan fingerprint density at radius 3 is 1.19 bits per heavy atom. The van der Waals surface area contributed by atoms with Gasteiger partial charge >= 0.3 is 0 Å². The van der Waals surface area contributed by atoms with Crippen molar-refractivity contribution in [1.82, 2.24) is 0 Å². The molecule has 0 radical (unpaired) electrons. The van der Waals surface area contributed by atoms with Gasteiger partial charge in [-0.2, -0.15) is 0 Å². The van der Waals surface area contributed by atoms with Crippen molar-refractivity contribution in [2.45, 2.75) is 0 Å². The van der Waals surface area contributed by atoms with Gasteiger partial charge in [0.15, 0.2) is 0 Å². The minimum atomic E-state index is -0.142. The Bertz CT molecular complexity index is 1200. The van der Waals surface area contributed by atoms with Crippen molar-refractivity contribution in [2.75, 3.05) is 0 Å². The quantitative estimate of drug-likeness (QED) is 0.273. The summed E-state index contributed by atoms with van der Waals surface area (Å²) in [4.78, 5) is 0. The second-order valence-corrected chi connectivity index (χ2v) is 7.03. The topological polar surface area (TPSA) is 106 Å². The smallest absolute Gasteiger partial charge is 0.128 e. The summed E-state index contributed by atoms with van der Waals surface area (Å²) in [5.74, 6) is -0.421. The zero-order valence-electron chi connectivity index (χ0n) is 16.9. The molecule has 6 heteroatoms. The third-order valence-corrected chi connectivity index (χ3v) is 4.82. The number of hydrogen-bond donors (Lipinski definition) is 4. The maximum absolute atomic E-state index is 10.4. The Balaban J connectivity index is 1.94. The van der Waals surface area contributed by atoms with Crippen LogP contribution in [0, 0.1) is 0 Å². The second kappa shape index (κ2) is 9.06. The van der Waals surface area contributed by atoms with E-state index >= 15 is 0 Å². The number of phenols is 4. The maximum Gasteiger partial charge on any atom is 0.128 e. The van der Waals surface area contributed by atoms with Crippen LogP contribution in [0.1, 0.15) is 22.3 Å². The van der Waals surface area contributed by atoms with Gasteiger partial charge in [-0.05, 0) is 24.3 Å². The maximum atomic E-state index is 10.4. The Kier molecular flexibility index (Phi) is 5.85. The van der Waals surface area contributed by atoms with Crippen LogP contribution in [0.15, 0.2) is 107 Å². The van der Waals surface area contributed by atoms with Crippen molar-refractivity contribution < 1.29 is 20.4 Å². The van der Waals surface area contributed by atoms with Crippen molar-refractivity contribution in [1.29, 1.82) is 0 Å². The molecule has 0 aromatic heterocycles. The first-order chi connectivity index (χ1) is 15.5. The third-order valence-electron chi connectivity index (χ3n) is 4.82. The monoisotopic (exact) mass is 424 g/mol. The Morgan fingerprint density at radius 2 is 0.844 bits per heavy atom. The summed E-state index contributed by atoms with van der Waals surface area (Å²) in [6.45, 7) is 0. The molecule has 6 nitrogen and oxygen atoms in total. The molecular weight excluding hydrogens is 404 g/mol. The van der Waals surface area contributed by atoms with Gasteiger partial charge in [0.1, 0.15) is 34.4 Å². The van der Waals surface area contributed by atoms with Crippen LogP contribution in [0.2, 0.25) is 0 Å². The molecule has 32 heavy (non-hydrogen) atoms. The largest absolute Gasteiger partial charge is 0.508 e. The minimum absolute atomic E-state index is 0.0684. The first-order valence-electron chi connectivity index (χ1n) is 9.84. The van der Waals surface area contributed by atoms with E-state index in [9.17, 15) is 20.4 Å². The third kappa shape index (κ3) is 4.44. The highest BCUT2D eigenvalue weighted by atomic mass is 16.3. The highest BCUT2D eigenvalue weighted by molar-refractivity contribution is 6.17. The van der Waals surface area contributed by atoms with E-state index in [1.165, 1.54) is 24.3 Å². The molecule has 0 heterocycles. The Hall–Kier alpha value is -4.58. The molecule has 0 aliphatic rings. The van der Waals surface area contributed by atoms with Gasteiger partial charge in [0.2, 0.25) is 0 Å². The molecule has 0 spiro atoms. The van der Waals surface area contributed by atoms with E-state index in [1.807, 2.05) is 60.7 Å². The average Bonchev–Trinajstić information content (AvgIpc) is 2.80. The highest BCUT2D eigenvalue weighted by Crippen LogP contribution is 2.28. The van der Waals surface area contributed by atoms with Crippen LogP contribution in [0.5, 0.6) is 23.0 Å². The summed E-state index contributed by atoms with van der Waals surface area (Å²) >= 11 is 0. The molecule has 4 aromatic carbocycles. The van der Waals surface area contributed by atoms with Gasteiger partial charge in [-0.25, -0.2) is 0 Å². The van der Waals surface area contributed by atoms with E-state index in [2.05, 4.69) is 10.2 Å². The SMILES string of the molecule is Oc1ccc(/C(=N/N=C(\c2ccccc2)c2ccc(O)cc2O)c2ccccc2)c(O)c1. The van der Waals surface area contributed by atoms with E-state index < -0.39 is 0 Å². The Morgan fingerprint density at radius 1 is 0.469 bits per heavy atom. The van der Waals surface area contributed by atoms with Crippen molar-refractivity contribution >= 4 is 11.4 Å². The summed E-state index contributed by atoms with van der Waals surface area (Å²) in [6.07, 6.45) is 0. The van der Waals surface area contributed by atoms with Crippen molar-refractivity contribution in [3.8, 4) is 23.0 Å². The lowest BCUT2D eigenvalue weighted by atomic mass is 10.0. The van der Waals surface area contributed by atoms with Crippen LogP contribution in [0.4, 0.5) is 0 Å². The fourth-order valence-electron chi connectivity index (χ4n) is 3.27. The molecular formula is C26H20N2O4. The molecule has 0 unspecified atom stereocenters. The Labute approximate surface area is 184 Å². The molecule has 4 aromatic rings. The van der Waals surface area contributed by atoms with Gasteiger partial charge in [-0.15, -0.1) is 10.2 Å². The lowest BCUT2D eigenvalue weighted by molar-refractivity contribution is 0.448. The molecule has 0 saturated carbocycles. The number of aromatic hydroxyl groups is 4. The molecule has 0 saturated heterocycles. The van der Waals surface area contributed by atoms with Gasteiger partial charge in [-0.3, -0.25) is 0 Å². The average molecular weight is 424 g/mol. The molecule has 0 bridgehead atoms. The lowest BCUT2D eigenvalue weighted by Crippen LogP contribution is -2.06. The van der Waals surface area contributed by atoms with Crippen LogP contribution in [-0.2, 0) is 0 Å². The fraction of sp³-hybridized carbons (Fsp3) is 0.